The summed E-state index contributed by atoms with van der Waals surface area (Å²) in [7, 11) is 0.0670. The van der Waals surface area contributed by atoms with Crippen molar-refractivity contribution in [1.82, 2.24) is 29.3 Å². The van der Waals surface area contributed by atoms with Crippen molar-refractivity contribution in [3.05, 3.63) is 72.6 Å². The maximum atomic E-state index is 6.43. The van der Waals surface area contributed by atoms with E-state index in [1.165, 1.54) is 0 Å². The number of anilines is 1. The fourth-order valence-corrected chi connectivity index (χ4v) is 4.94. The molecule has 0 bridgehead atoms. The molecular weight excluding hydrogens is 478 g/mol. The Bertz CT molecular complexity index is 1560. The second kappa shape index (κ2) is 9.24. The van der Waals surface area contributed by atoms with Crippen LogP contribution in [0.25, 0.3) is 39.6 Å². The van der Waals surface area contributed by atoms with E-state index in [4.69, 9.17) is 20.1 Å². The zero-order chi connectivity index (χ0) is 26.4. The van der Waals surface area contributed by atoms with E-state index >= 15 is 0 Å². The first kappa shape index (κ1) is 24.9. The maximum absolute atomic E-state index is 6.43. The molecule has 0 radical (unpaired) electrons. The van der Waals surface area contributed by atoms with Crippen molar-refractivity contribution in [3.8, 4) is 28.5 Å². The average molecular weight is 512 g/mol. The van der Waals surface area contributed by atoms with Gasteiger partial charge in [0.25, 0.3) is 0 Å². The van der Waals surface area contributed by atoms with E-state index in [9.17, 15) is 0 Å². The lowest BCUT2D eigenvalue weighted by molar-refractivity contribution is 0.276. The van der Waals surface area contributed by atoms with Gasteiger partial charge >= 0.3 is 0 Å². The first-order chi connectivity index (χ1) is 17.5. The molecule has 2 N–H and O–H groups in total. The molecule has 1 aromatic carbocycles. The van der Waals surface area contributed by atoms with Crippen LogP contribution in [0, 0.1) is 0 Å². The van der Waals surface area contributed by atoms with E-state index in [1.807, 2.05) is 46.6 Å². The highest BCUT2D eigenvalue weighted by atomic mass is 28.4. The molecule has 4 heterocycles. The van der Waals surface area contributed by atoms with Gasteiger partial charge in [-0.1, -0.05) is 32.9 Å². The quantitative estimate of drug-likeness (QED) is 0.281. The van der Waals surface area contributed by atoms with Crippen LogP contribution >= 0.6 is 0 Å². The van der Waals surface area contributed by atoms with Crippen molar-refractivity contribution in [1.29, 1.82) is 0 Å². The van der Waals surface area contributed by atoms with Crippen LogP contribution in [0.2, 0.25) is 18.1 Å². The first-order valence-corrected chi connectivity index (χ1v) is 15.3. The van der Waals surface area contributed by atoms with Gasteiger partial charge < -0.3 is 10.2 Å². The summed E-state index contributed by atoms with van der Waals surface area (Å²) >= 11 is 0. The van der Waals surface area contributed by atoms with E-state index < -0.39 is 8.32 Å². The van der Waals surface area contributed by atoms with Gasteiger partial charge in [-0.25, -0.2) is 15.0 Å². The van der Waals surface area contributed by atoms with E-state index in [0.29, 0.717) is 18.2 Å². The molecule has 190 valence electrons. The Hall–Kier alpha value is -3.82. The van der Waals surface area contributed by atoms with Crippen molar-refractivity contribution in [2.45, 2.75) is 45.5 Å². The molecule has 0 amide bonds. The lowest BCUT2D eigenvalue weighted by Gasteiger charge is -2.36. The summed E-state index contributed by atoms with van der Waals surface area (Å²) in [5.41, 5.74) is 12.4. The predicted molar refractivity (Wildman–Crippen MR) is 151 cm³/mol. The third-order valence-electron chi connectivity index (χ3n) is 7.27. The largest absolute Gasteiger partial charge is 0.413 e. The Balaban J connectivity index is 1.60. The van der Waals surface area contributed by atoms with Gasteiger partial charge in [0.05, 0.1) is 23.6 Å². The molecule has 0 atom stereocenters. The highest BCUT2D eigenvalue weighted by Crippen LogP contribution is 2.37. The minimum Gasteiger partial charge on any atom is -0.413 e. The second-order valence-electron chi connectivity index (χ2n) is 10.8. The lowest BCUT2D eigenvalue weighted by Crippen LogP contribution is -2.40. The SMILES string of the molecule is Cn1nccc1-c1ccc2nc(-c3cccnc3N)n(-c3ccc(CO[Si](C)(C)C(C)(C)C)cc3)c2n1. The van der Waals surface area contributed by atoms with Crippen LogP contribution in [0.4, 0.5) is 5.82 Å². The molecule has 0 aliphatic rings. The van der Waals surface area contributed by atoms with Crippen molar-refractivity contribution in [2.75, 3.05) is 5.73 Å². The van der Waals surface area contributed by atoms with Crippen LogP contribution in [0.1, 0.15) is 26.3 Å². The number of benzene rings is 1. The molecule has 0 aliphatic carbocycles. The number of aryl methyl sites for hydroxylation is 1. The van der Waals surface area contributed by atoms with Gasteiger partial charge in [0.1, 0.15) is 11.3 Å². The first-order valence-electron chi connectivity index (χ1n) is 12.4. The van der Waals surface area contributed by atoms with E-state index in [0.717, 1.165) is 39.4 Å². The number of nitrogen functional groups attached to an aromatic ring is 1. The predicted octanol–water partition coefficient (Wildman–Crippen LogP) is 5.99. The van der Waals surface area contributed by atoms with Crippen molar-refractivity contribution in [2.24, 2.45) is 7.05 Å². The van der Waals surface area contributed by atoms with Gasteiger partial charge in [-0.15, -0.1) is 0 Å². The average Bonchev–Trinajstić information content (AvgIpc) is 3.45. The summed E-state index contributed by atoms with van der Waals surface area (Å²) in [5, 5.41) is 4.46. The number of pyridine rings is 2. The maximum Gasteiger partial charge on any atom is 0.192 e. The summed E-state index contributed by atoms with van der Waals surface area (Å²) in [5.74, 6) is 1.12. The molecular formula is C28H33N7OSi. The van der Waals surface area contributed by atoms with Gasteiger partial charge in [-0.3, -0.25) is 9.25 Å². The highest BCUT2D eigenvalue weighted by molar-refractivity contribution is 6.74. The molecule has 5 rings (SSSR count). The summed E-state index contributed by atoms with van der Waals surface area (Å²) in [6, 6.07) is 18.1. The number of hydrogen-bond acceptors (Lipinski definition) is 6. The molecule has 8 nitrogen and oxygen atoms in total. The Labute approximate surface area is 218 Å². The molecule has 37 heavy (non-hydrogen) atoms. The monoisotopic (exact) mass is 511 g/mol. The topological polar surface area (TPSA) is 96.7 Å². The molecule has 5 aromatic rings. The smallest absolute Gasteiger partial charge is 0.192 e. The molecule has 0 saturated heterocycles. The summed E-state index contributed by atoms with van der Waals surface area (Å²) < 4.78 is 10.3. The number of imidazole rings is 1. The molecule has 0 saturated carbocycles. The number of hydrogen-bond donors (Lipinski definition) is 1. The molecule has 0 fully saturated rings. The zero-order valence-electron chi connectivity index (χ0n) is 22.2. The van der Waals surface area contributed by atoms with Crippen LogP contribution in [-0.2, 0) is 18.1 Å². The Morgan fingerprint density at radius 3 is 2.35 bits per heavy atom. The number of aromatic nitrogens is 6. The van der Waals surface area contributed by atoms with E-state index in [1.54, 1.807) is 12.4 Å². The molecule has 0 aliphatic heterocycles. The fourth-order valence-electron chi connectivity index (χ4n) is 3.98. The Morgan fingerprint density at radius 1 is 0.946 bits per heavy atom. The van der Waals surface area contributed by atoms with Gasteiger partial charge in [0.2, 0.25) is 0 Å². The lowest BCUT2D eigenvalue weighted by atomic mass is 10.2. The van der Waals surface area contributed by atoms with Gasteiger partial charge in [-0.05, 0) is 66.2 Å². The van der Waals surface area contributed by atoms with Gasteiger partial charge in [0.15, 0.2) is 19.8 Å². The van der Waals surface area contributed by atoms with Crippen molar-refractivity contribution >= 4 is 25.3 Å². The molecule has 9 heteroatoms. The minimum absolute atomic E-state index is 0.165. The van der Waals surface area contributed by atoms with Crippen LogP contribution < -0.4 is 5.73 Å². The Kier molecular flexibility index (Phi) is 6.21. The van der Waals surface area contributed by atoms with Crippen molar-refractivity contribution < 1.29 is 4.43 Å². The fraction of sp³-hybridized carbons (Fsp3) is 0.286. The summed E-state index contributed by atoms with van der Waals surface area (Å²) in [6.45, 7) is 11.9. The Morgan fingerprint density at radius 2 is 1.70 bits per heavy atom. The second-order valence-corrected chi connectivity index (χ2v) is 15.6. The molecule has 0 spiro atoms. The number of nitrogens with zero attached hydrogens (tertiary/aromatic N) is 6. The van der Waals surface area contributed by atoms with Crippen LogP contribution in [0.3, 0.4) is 0 Å². The van der Waals surface area contributed by atoms with Crippen LogP contribution in [0.5, 0.6) is 0 Å². The summed E-state index contributed by atoms with van der Waals surface area (Å²) in [4.78, 5) is 14.2. The summed E-state index contributed by atoms with van der Waals surface area (Å²) in [6.07, 6.45) is 3.45. The normalized spacial score (nSPS) is 12.4. The molecule has 4 aromatic heterocycles. The number of rotatable bonds is 6. The number of fused-ring (bicyclic) bond motifs is 1. The minimum atomic E-state index is -1.84. The standard InChI is InChI=1S/C28H33N7OSi/c1-28(2,3)37(5,6)36-18-19-9-11-20(12-10-19)35-26(21-8-7-16-30-25(21)29)33-23-14-13-22(32-27(23)35)24-15-17-31-34(24)4/h7-17H,18H2,1-6H3,(H2,29,30). The van der Waals surface area contributed by atoms with E-state index in [2.05, 4.69) is 68.2 Å². The zero-order valence-corrected chi connectivity index (χ0v) is 23.2. The van der Waals surface area contributed by atoms with Gasteiger partial charge in [0, 0.05) is 25.1 Å². The van der Waals surface area contributed by atoms with Gasteiger partial charge in [-0.2, -0.15) is 5.10 Å². The van der Waals surface area contributed by atoms with Crippen LogP contribution in [0.15, 0.2) is 67.0 Å². The molecule has 0 unspecified atom stereocenters. The van der Waals surface area contributed by atoms with Crippen LogP contribution in [-0.4, -0.2) is 37.6 Å². The number of nitrogens with two attached hydrogens (primary N) is 1. The third kappa shape index (κ3) is 4.67. The van der Waals surface area contributed by atoms with Crippen molar-refractivity contribution in [3.63, 3.8) is 0 Å². The third-order valence-corrected chi connectivity index (χ3v) is 11.7. The van der Waals surface area contributed by atoms with E-state index in [-0.39, 0.29) is 5.04 Å². The highest BCUT2D eigenvalue weighted by Gasteiger charge is 2.37.